The molecule has 0 heterocycles. The standard InChI is InChI=1S/C6H12O2S/c1-4(5(7)8)6(2,3)9/h4,9H,1-3H3,(H,7,8). The first kappa shape index (κ1) is 8.82. The van der Waals surface area contributed by atoms with Gasteiger partial charge in [0.15, 0.2) is 0 Å². The van der Waals surface area contributed by atoms with Crippen molar-refractivity contribution in [2.75, 3.05) is 0 Å². The summed E-state index contributed by atoms with van der Waals surface area (Å²) in [5, 5.41) is 8.47. The summed E-state index contributed by atoms with van der Waals surface area (Å²) < 4.78 is -0.425. The summed E-state index contributed by atoms with van der Waals surface area (Å²) in [5.74, 6) is -1.20. The van der Waals surface area contributed by atoms with Gasteiger partial charge in [-0.05, 0) is 0 Å². The minimum absolute atomic E-state index is 0.402. The minimum Gasteiger partial charge on any atom is -0.481 e. The lowest BCUT2D eigenvalue weighted by atomic mass is 9.97. The maximum Gasteiger partial charge on any atom is 0.307 e. The molecule has 1 atom stereocenters. The second-order valence-electron chi connectivity index (χ2n) is 2.71. The molecule has 0 spiro atoms. The first-order valence-electron chi connectivity index (χ1n) is 2.81. The molecule has 1 N–H and O–H groups in total. The van der Waals surface area contributed by atoms with Gasteiger partial charge in [0.25, 0.3) is 0 Å². The van der Waals surface area contributed by atoms with Gasteiger partial charge >= 0.3 is 5.97 Å². The van der Waals surface area contributed by atoms with Crippen LogP contribution in [0.1, 0.15) is 20.8 Å². The molecule has 0 aliphatic heterocycles. The molecule has 0 aromatic heterocycles. The molecule has 2 nitrogen and oxygen atoms in total. The fourth-order valence-electron chi connectivity index (χ4n) is 0.302. The molecule has 3 heteroatoms. The zero-order chi connectivity index (χ0) is 7.65. The van der Waals surface area contributed by atoms with Crippen molar-refractivity contribution in [2.45, 2.75) is 25.5 Å². The molecule has 0 bridgehead atoms. The molecule has 0 saturated carbocycles. The van der Waals surface area contributed by atoms with Crippen LogP contribution in [0.4, 0.5) is 0 Å². The predicted octanol–water partition coefficient (Wildman–Crippen LogP) is 1.42. The molecule has 0 radical (unpaired) electrons. The third kappa shape index (κ3) is 2.75. The van der Waals surface area contributed by atoms with E-state index in [0.29, 0.717) is 0 Å². The van der Waals surface area contributed by atoms with Crippen LogP contribution in [0.15, 0.2) is 0 Å². The van der Waals surface area contributed by atoms with E-state index in [9.17, 15) is 4.79 Å². The van der Waals surface area contributed by atoms with Crippen LogP contribution < -0.4 is 0 Å². The molecule has 0 aliphatic rings. The zero-order valence-electron chi connectivity index (χ0n) is 5.88. The Labute approximate surface area is 60.7 Å². The maximum atomic E-state index is 10.3. The summed E-state index contributed by atoms with van der Waals surface area (Å²) in [6.07, 6.45) is 0. The molecule has 9 heavy (non-hydrogen) atoms. The van der Waals surface area contributed by atoms with E-state index in [2.05, 4.69) is 12.6 Å². The largest absolute Gasteiger partial charge is 0.481 e. The van der Waals surface area contributed by atoms with E-state index in [1.54, 1.807) is 20.8 Å². The molecular weight excluding hydrogens is 136 g/mol. The highest BCUT2D eigenvalue weighted by atomic mass is 32.1. The maximum absolute atomic E-state index is 10.3. The number of hydrogen-bond acceptors (Lipinski definition) is 2. The fourth-order valence-corrected chi connectivity index (χ4v) is 0.413. The van der Waals surface area contributed by atoms with Crippen LogP contribution in [0.25, 0.3) is 0 Å². The van der Waals surface area contributed by atoms with Gasteiger partial charge in [0.05, 0.1) is 5.92 Å². The van der Waals surface area contributed by atoms with E-state index in [1.807, 2.05) is 0 Å². The summed E-state index contributed by atoms with van der Waals surface area (Å²) in [6, 6.07) is 0. The number of rotatable bonds is 2. The van der Waals surface area contributed by atoms with Crippen LogP contribution in [0.3, 0.4) is 0 Å². The highest BCUT2D eigenvalue weighted by Gasteiger charge is 2.26. The van der Waals surface area contributed by atoms with E-state index in [4.69, 9.17) is 5.11 Å². The highest BCUT2D eigenvalue weighted by Crippen LogP contribution is 2.22. The Morgan fingerprint density at radius 1 is 1.67 bits per heavy atom. The molecule has 0 amide bonds. The van der Waals surface area contributed by atoms with Crippen molar-refractivity contribution in [3.63, 3.8) is 0 Å². The van der Waals surface area contributed by atoms with Gasteiger partial charge in [-0.1, -0.05) is 20.8 Å². The van der Waals surface area contributed by atoms with Gasteiger partial charge in [0, 0.05) is 4.75 Å². The zero-order valence-corrected chi connectivity index (χ0v) is 6.77. The molecular formula is C6H12O2S. The first-order chi connectivity index (χ1) is 3.85. The lowest BCUT2D eigenvalue weighted by Crippen LogP contribution is -2.29. The normalized spacial score (nSPS) is 15.1. The van der Waals surface area contributed by atoms with Gasteiger partial charge in [0.1, 0.15) is 0 Å². The van der Waals surface area contributed by atoms with E-state index in [1.165, 1.54) is 0 Å². The number of carbonyl (C=O) groups is 1. The molecule has 54 valence electrons. The summed E-state index contributed by atoms with van der Waals surface area (Å²) >= 11 is 4.11. The van der Waals surface area contributed by atoms with Crippen molar-refractivity contribution in [1.29, 1.82) is 0 Å². The van der Waals surface area contributed by atoms with Crippen molar-refractivity contribution >= 4 is 18.6 Å². The first-order valence-corrected chi connectivity index (χ1v) is 3.25. The SMILES string of the molecule is CC(C(=O)O)C(C)(C)S. The van der Waals surface area contributed by atoms with Gasteiger partial charge in [-0.15, -0.1) is 0 Å². The predicted molar refractivity (Wildman–Crippen MR) is 39.9 cm³/mol. The number of hydrogen-bond donors (Lipinski definition) is 2. The Morgan fingerprint density at radius 2 is 2.00 bits per heavy atom. The van der Waals surface area contributed by atoms with Crippen molar-refractivity contribution in [3.05, 3.63) is 0 Å². The van der Waals surface area contributed by atoms with Gasteiger partial charge in [-0.25, -0.2) is 0 Å². The topological polar surface area (TPSA) is 37.3 Å². The van der Waals surface area contributed by atoms with E-state index in [0.717, 1.165) is 0 Å². The Hall–Kier alpha value is -0.180. The number of carboxylic acid groups (broad SMARTS) is 1. The fraction of sp³-hybridized carbons (Fsp3) is 0.833. The van der Waals surface area contributed by atoms with E-state index in [-0.39, 0.29) is 0 Å². The van der Waals surface area contributed by atoms with Crippen molar-refractivity contribution in [2.24, 2.45) is 5.92 Å². The third-order valence-electron chi connectivity index (χ3n) is 1.43. The van der Waals surface area contributed by atoms with Crippen molar-refractivity contribution in [3.8, 4) is 0 Å². The number of carboxylic acids is 1. The van der Waals surface area contributed by atoms with Gasteiger partial charge < -0.3 is 5.11 Å². The summed E-state index contributed by atoms with van der Waals surface area (Å²) in [5.41, 5.74) is 0. The summed E-state index contributed by atoms with van der Waals surface area (Å²) in [7, 11) is 0. The van der Waals surface area contributed by atoms with E-state index < -0.39 is 16.6 Å². The summed E-state index contributed by atoms with van der Waals surface area (Å²) in [4.78, 5) is 10.3. The van der Waals surface area contributed by atoms with Crippen LogP contribution in [0, 0.1) is 5.92 Å². The monoisotopic (exact) mass is 148 g/mol. The lowest BCUT2D eigenvalue weighted by Gasteiger charge is -2.21. The molecule has 0 saturated heterocycles. The minimum atomic E-state index is -0.796. The highest BCUT2D eigenvalue weighted by molar-refractivity contribution is 7.81. The Balaban J connectivity index is 4.04. The van der Waals surface area contributed by atoms with Crippen LogP contribution >= 0.6 is 12.6 Å². The molecule has 0 aromatic rings. The van der Waals surface area contributed by atoms with E-state index >= 15 is 0 Å². The van der Waals surface area contributed by atoms with Crippen LogP contribution in [0.2, 0.25) is 0 Å². The number of aliphatic carboxylic acids is 1. The quantitative estimate of drug-likeness (QED) is 0.581. The van der Waals surface area contributed by atoms with Gasteiger partial charge in [-0.3, -0.25) is 4.79 Å². The van der Waals surface area contributed by atoms with Gasteiger partial charge in [0.2, 0.25) is 0 Å². The van der Waals surface area contributed by atoms with Crippen molar-refractivity contribution < 1.29 is 9.90 Å². The number of thiol groups is 1. The van der Waals surface area contributed by atoms with Gasteiger partial charge in [-0.2, -0.15) is 12.6 Å². The van der Waals surface area contributed by atoms with Crippen LogP contribution in [-0.4, -0.2) is 15.8 Å². The Kier molecular flexibility index (Phi) is 2.55. The average molecular weight is 148 g/mol. The third-order valence-corrected chi connectivity index (χ3v) is 1.82. The Bertz CT molecular complexity index is 115. The van der Waals surface area contributed by atoms with Crippen molar-refractivity contribution in [1.82, 2.24) is 0 Å². The van der Waals surface area contributed by atoms with Crippen LogP contribution in [-0.2, 0) is 4.79 Å². The lowest BCUT2D eigenvalue weighted by molar-refractivity contribution is -0.141. The molecule has 1 unspecified atom stereocenters. The van der Waals surface area contributed by atoms with Crippen LogP contribution in [0.5, 0.6) is 0 Å². The second kappa shape index (κ2) is 2.60. The Morgan fingerprint density at radius 3 is 2.00 bits per heavy atom. The smallest absolute Gasteiger partial charge is 0.307 e. The summed E-state index contributed by atoms with van der Waals surface area (Å²) in [6.45, 7) is 5.22. The molecule has 0 aliphatic carbocycles. The average Bonchev–Trinajstić information content (AvgIpc) is 1.62. The molecule has 0 fully saturated rings. The molecule has 0 aromatic carbocycles. The second-order valence-corrected chi connectivity index (χ2v) is 3.87. The molecule has 0 rings (SSSR count).